The molecule has 0 heterocycles. The summed E-state index contributed by atoms with van der Waals surface area (Å²) >= 11 is 0. The lowest BCUT2D eigenvalue weighted by molar-refractivity contribution is 0.469. The van der Waals surface area contributed by atoms with Gasteiger partial charge in [0.25, 0.3) is 0 Å². The van der Waals surface area contributed by atoms with Crippen LogP contribution in [-0.4, -0.2) is 0 Å². The van der Waals surface area contributed by atoms with E-state index in [-0.39, 0.29) is 12.1 Å². The largest absolute Gasteiger partial charge is 0.304 e. The van der Waals surface area contributed by atoms with Gasteiger partial charge in [-0.2, -0.15) is 0 Å². The van der Waals surface area contributed by atoms with Crippen molar-refractivity contribution in [2.45, 2.75) is 32.9 Å². The van der Waals surface area contributed by atoms with Crippen molar-refractivity contribution in [1.82, 2.24) is 5.32 Å². The van der Waals surface area contributed by atoms with E-state index in [2.05, 4.69) is 24.4 Å². The second-order valence-corrected chi connectivity index (χ2v) is 5.13. The van der Waals surface area contributed by atoms with Crippen molar-refractivity contribution in [2.75, 3.05) is 0 Å². The Labute approximate surface area is 118 Å². The minimum Gasteiger partial charge on any atom is -0.304 e. The van der Waals surface area contributed by atoms with Crippen LogP contribution >= 0.6 is 0 Å². The minimum atomic E-state index is -0.551. The maximum Gasteiger partial charge on any atom is 0.130 e. The van der Waals surface area contributed by atoms with Gasteiger partial charge in [0.2, 0.25) is 0 Å². The molecule has 0 aliphatic rings. The number of hydrogen-bond donors (Lipinski definition) is 1. The third-order valence-corrected chi connectivity index (χ3v) is 3.58. The molecule has 2 aromatic rings. The van der Waals surface area contributed by atoms with Gasteiger partial charge in [-0.15, -0.1) is 0 Å². The quantitative estimate of drug-likeness (QED) is 0.854. The molecule has 2 unspecified atom stereocenters. The molecule has 0 aliphatic heterocycles. The summed E-state index contributed by atoms with van der Waals surface area (Å²) in [6.45, 7) is 5.97. The van der Waals surface area contributed by atoms with E-state index in [0.29, 0.717) is 5.56 Å². The Morgan fingerprint density at radius 2 is 1.55 bits per heavy atom. The first kappa shape index (κ1) is 14.7. The molecular formula is C17H19F2N. The van der Waals surface area contributed by atoms with Gasteiger partial charge < -0.3 is 5.32 Å². The van der Waals surface area contributed by atoms with Gasteiger partial charge in [0.15, 0.2) is 0 Å². The Balaban J connectivity index is 2.15. The van der Waals surface area contributed by atoms with Gasteiger partial charge in [-0.1, -0.05) is 30.3 Å². The van der Waals surface area contributed by atoms with Crippen molar-refractivity contribution in [3.05, 3.63) is 70.8 Å². The summed E-state index contributed by atoms with van der Waals surface area (Å²) in [6, 6.07) is 11.7. The van der Waals surface area contributed by atoms with E-state index in [1.807, 2.05) is 26.0 Å². The fourth-order valence-electron chi connectivity index (χ4n) is 2.48. The SMILES string of the molecule is Cc1ccccc1C(C)NC(C)c1ccc(F)cc1F. The van der Waals surface area contributed by atoms with Crippen LogP contribution in [-0.2, 0) is 0 Å². The van der Waals surface area contributed by atoms with Gasteiger partial charge in [0.05, 0.1) is 0 Å². The van der Waals surface area contributed by atoms with Crippen molar-refractivity contribution >= 4 is 0 Å². The van der Waals surface area contributed by atoms with Crippen molar-refractivity contribution in [2.24, 2.45) is 0 Å². The molecule has 2 atom stereocenters. The van der Waals surface area contributed by atoms with Gasteiger partial charge in [-0.05, 0) is 38.0 Å². The van der Waals surface area contributed by atoms with Crippen molar-refractivity contribution < 1.29 is 8.78 Å². The molecule has 0 spiro atoms. The number of aryl methyl sites for hydroxylation is 1. The lowest BCUT2D eigenvalue weighted by atomic mass is 10.0. The maximum absolute atomic E-state index is 13.8. The molecule has 0 aliphatic carbocycles. The van der Waals surface area contributed by atoms with Crippen LogP contribution in [0.2, 0.25) is 0 Å². The van der Waals surface area contributed by atoms with E-state index in [4.69, 9.17) is 0 Å². The fraction of sp³-hybridized carbons (Fsp3) is 0.294. The lowest BCUT2D eigenvalue weighted by Crippen LogP contribution is -2.23. The molecule has 0 radical (unpaired) electrons. The first-order chi connectivity index (χ1) is 9.49. The summed E-state index contributed by atoms with van der Waals surface area (Å²) in [5.41, 5.74) is 2.85. The Kier molecular flexibility index (Phi) is 4.50. The standard InChI is InChI=1S/C17H19F2N/c1-11-6-4-5-7-15(11)12(2)20-13(3)16-9-8-14(18)10-17(16)19/h4-10,12-13,20H,1-3H3. The Morgan fingerprint density at radius 3 is 2.20 bits per heavy atom. The molecule has 1 N–H and O–H groups in total. The fourth-order valence-corrected chi connectivity index (χ4v) is 2.48. The zero-order valence-corrected chi connectivity index (χ0v) is 12.0. The van der Waals surface area contributed by atoms with E-state index in [1.165, 1.54) is 23.3 Å². The number of hydrogen-bond acceptors (Lipinski definition) is 1. The molecular weight excluding hydrogens is 256 g/mol. The average Bonchev–Trinajstić information content (AvgIpc) is 2.38. The smallest absolute Gasteiger partial charge is 0.130 e. The van der Waals surface area contributed by atoms with Gasteiger partial charge in [0.1, 0.15) is 11.6 Å². The summed E-state index contributed by atoms with van der Waals surface area (Å²) in [5, 5.41) is 3.35. The van der Waals surface area contributed by atoms with Crippen LogP contribution in [0, 0.1) is 18.6 Å². The normalized spacial score (nSPS) is 14.1. The van der Waals surface area contributed by atoms with Crippen molar-refractivity contribution in [3.63, 3.8) is 0 Å². The molecule has 0 aromatic heterocycles. The summed E-state index contributed by atoms with van der Waals surface area (Å²) in [5.74, 6) is -1.06. The highest BCUT2D eigenvalue weighted by atomic mass is 19.1. The number of benzene rings is 2. The molecule has 106 valence electrons. The van der Waals surface area contributed by atoms with E-state index in [1.54, 1.807) is 0 Å². The second kappa shape index (κ2) is 6.14. The highest BCUT2D eigenvalue weighted by molar-refractivity contribution is 5.29. The number of nitrogens with one attached hydrogen (secondary N) is 1. The molecule has 0 saturated heterocycles. The van der Waals surface area contributed by atoms with E-state index < -0.39 is 11.6 Å². The topological polar surface area (TPSA) is 12.0 Å². The van der Waals surface area contributed by atoms with Crippen molar-refractivity contribution in [1.29, 1.82) is 0 Å². The number of halogens is 2. The van der Waals surface area contributed by atoms with Gasteiger partial charge in [-0.3, -0.25) is 0 Å². The van der Waals surface area contributed by atoms with Crippen LogP contribution in [0.4, 0.5) is 8.78 Å². The number of rotatable bonds is 4. The van der Waals surface area contributed by atoms with Crippen LogP contribution in [0.25, 0.3) is 0 Å². The summed E-state index contributed by atoms with van der Waals surface area (Å²) < 4.78 is 26.7. The van der Waals surface area contributed by atoms with Crippen LogP contribution in [0.15, 0.2) is 42.5 Å². The van der Waals surface area contributed by atoms with Gasteiger partial charge >= 0.3 is 0 Å². The zero-order chi connectivity index (χ0) is 14.7. The Bertz CT molecular complexity index is 595. The predicted molar refractivity (Wildman–Crippen MR) is 77.5 cm³/mol. The maximum atomic E-state index is 13.8. The lowest BCUT2D eigenvalue weighted by Gasteiger charge is -2.22. The van der Waals surface area contributed by atoms with E-state index in [9.17, 15) is 8.78 Å². The molecule has 3 heteroatoms. The van der Waals surface area contributed by atoms with E-state index in [0.717, 1.165) is 6.07 Å². The molecule has 2 rings (SSSR count). The van der Waals surface area contributed by atoms with Crippen LogP contribution in [0.1, 0.15) is 42.6 Å². The molecule has 0 saturated carbocycles. The van der Waals surface area contributed by atoms with Crippen LogP contribution < -0.4 is 5.32 Å². The summed E-state index contributed by atoms with van der Waals surface area (Å²) in [7, 11) is 0. The molecule has 2 aromatic carbocycles. The highest BCUT2D eigenvalue weighted by Crippen LogP contribution is 2.23. The van der Waals surface area contributed by atoms with E-state index >= 15 is 0 Å². The third kappa shape index (κ3) is 3.23. The Morgan fingerprint density at radius 1 is 0.900 bits per heavy atom. The highest BCUT2D eigenvalue weighted by Gasteiger charge is 2.15. The molecule has 0 bridgehead atoms. The first-order valence-electron chi connectivity index (χ1n) is 6.75. The first-order valence-corrected chi connectivity index (χ1v) is 6.75. The molecule has 0 fully saturated rings. The molecule has 1 nitrogen and oxygen atoms in total. The van der Waals surface area contributed by atoms with Crippen molar-refractivity contribution in [3.8, 4) is 0 Å². The summed E-state index contributed by atoms with van der Waals surface area (Å²) in [6.07, 6.45) is 0. The third-order valence-electron chi connectivity index (χ3n) is 3.58. The summed E-state index contributed by atoms with van der Waals surface area (Å²) in [4.78, 5) is 0. The van der Waals surface area contributed by atoms with Crippen LogP contribution in [0.5, 0.6) is 0 Å². The molecule has 0 amide bonds. The second-order valence-electron chi connectivity index (χ2n) is 5.13. The van der Waals surface area contributed by atoms with Crippen LogP contribution in [0.3, 0.4) is 0 Å². The van der Waals surface area contributed by atoms with Gasteiger partial charge in [0, 0.05) is 23.7 Å². The minimum absolute atomic E-state index is 0.0932. The molecule has 20 heavy (non-hydrogen) atoms. The Hall–Kier alpha value is -1.74. The average molecular weight is 275 g/mol. The predicted octanol–water partition coefficient (Wildman–Crippen LogP) is 4.69. The zero-order valence-electron chi connectivity index (χ0n) is 12.0. The van der Waals surface area contributed by atoms with Gasteiger partial charge in [-0.25, -0.2) is 8.78 Å². The monoisotopic (exact) mass is 275 g/mol.